The number of carbonyl (C=O) groups is 3. The molecule has 30 heavy (non-hydrogen) atoms. The fraction of sp³-hybridized carbons (Fsp3) is 0.571. The lowest BCUT2D eigenvalue weighted by atomic mass is 9.49. The number of hydrazine groups is 1. The third kappa shape index (κ3) is 4.58. The average Bonchev–Trinajstić information content (AvgIpc) is 2.68. The van der Waals surface area contributed by atoms with Gasteiger partial charge in [0.25, 0.3) is 5.91 Å². The molecule has 5 rings (SSSR count). The predicted molar refractivity (Wildman–Crippen MR) is 113 cm³/mol. The number of ether oxygens (including phenoxy) is 1. The van der Waals surface area contributed by atoms with Crippen LogP contribution in [-0.2, 0) is 19.1 Å². The summed E-state index contributed by atoms with van der Waals surface area (Å²) in [5.74, 6) is 0.863. The second-order valence-corrected chi connectivity index (χ2v) is 9.63. The van der Waals surface area contributed by atoms with Crippen LogP contribution >= 0.6 is 23.2 Å². The van der Waals surface area contributed by atoms with Crippen LogP contribution in [-0.4, -0.2) is 30.9 Å². The average molecular weight is 454 g/mol. The Morgan fingerprint density at radius 3 is 2.17 bits per heavy atom. The number of hydrogen-bond donors (Lipinski definition) is 3. The standard InChI is InChI=1S/C21H25Cl2N3O4/c22-15-2-1-3-16(19(15)23)24-17(27)10-30-11-18(28)25-26-20(29)21-7-12-4-13(8-21)6-14(5-12)9-21/h1-3,12-14H,4-11H2,(H,24,27)(H,25,28)(H,26,29). The molecule has 0 heterocycles. The topological polar surface area (TPSA) is 96.5 Å². The van der Waals surface area contributed by atoms with Crippen molar-refractivity contribution >= 4 is 46.6 Å². The predicted octanol–water partition coefficient (Wildman–Crippen LogP) is 3.31. The van der Waals surface area contributed by atoms with Crippen LogP contribution in [0.1, 0.15) is 38.5 Å². The van der Waals surface area contributed by atoms with Gasteiger partial charge in [-0.1, -0.05) is 29.3 Å². The molecule has 3 N–H and O–H groups in total. The number of hydrogen-bond acceptors (Lipinski definition) is 4. The molecule has 1 aromatic carbocycles. The lowest BCUT2D eigenvalue weighted by Gasteiger charge is -2.55. The van der Waals surface area contributed by atoms with Crippen molar-refractivity contribution in [1.29, 1.82) is 0 Å². The van der Waals surface area contributed by atoms with Gasteiger partial charge in [0.15, 0.2) is 0 Å². The first-order valence-electron chi connectivity index (χ1n) is 10.3. The van der Waals surface area contributed by atoms with Gasteiger partial charge in [-0.2, -0.15) is 0 Å². The molecule has 4 saturated carbocycles. The fourth-order valence-electron chi connectivity index (χ4n) is 5.71. The zero-order valence-corrected chi connectivity index (χ0v) is 18.0. The highest BCUT2D eigenvalue weighted by Crippen LogP contribution is 2.60. The summed E-state index contributed by atoms with van der Waals surface area (Å²) < 4.78 is 5.13. The summed E-state index contributed by atoms with van der Waals surface area (Å²) in [5.41, 5.74) is 5.03. The van der Waals surface area contributed by atoms with Crippen LogP contribution in [0.4, 0.5) is 5.69 Å². The SMILES string of the molecule is O=C(COCC(=O)Nc1cccc(Cl)c1Cl)NNC(=O)C12CC3CC(CC(C3)C1)C2. The molecule has 0 saturated heterocycles. The number of anilines is 1. The van der Waals surface area contributed by atoms with Gasteiger partial charge in [0, 0.05) is 0 Å². The summed E-state index contributed by atoms with van der Waals surface area (Å²) in [4.78, 5) is 36.7. The maximum atomic E-state index is 12.8. The first-order chi connectivity index (χ1) is 14.3. The number of rotatable bonds is 6. The van der Waals surface area contributed by atoms with Gasteiger partial charge in [-0.05, 0) is 68.4 Å². The smallest absolute Gasteiger partial charge is 0.264 e. The minimum absolute atomic E-state index is 0.0942. The number of benzene rings is 1. The van der Waals surface area contributed by atoms with Crippen molar-refractivity contribution in [2.24, 2.45) is 23.2 Å². The van der Waals surface area contributed by atoms with E-state index in [1.165, 1.54) is 19.3 Å². The molecule has 0 spiro atoms. The van der Waals surface area contributed by atoms with Gasteiger partial charge in [0.1, 0.15) is 13.2 Å². The summed E-state index contributed by atoms with van der Waals surface area (Å²) in [6, 6.07) is 4.88. The van der Waals surface area contributed by atoms with Gasteiger partial charge in [-0.25, -0.2) is 0 Å². The van der Waals surface area contributed by atoms with Gasteiger partial charge in [0.2, 0.25) is 11.8 Å². The second kappa shape index (κ2) is 8.73. The summed E-state index contributed by atoms with van der Waals surface area (Å²) in [5, 5.41) is 3.13. The molecule has 1 aromatic rings. The molecule has 9 heteroatoms. The number of carbonyl (C=O) groups excluding carboxylic acids is 3. The highest BCUT2D eigenvalue weighted by atomic mass is 35.5. The van der Waals surface area contributed by atoms with E-state index in [1.54, 1.807) is 18.2 Å². The Hall–Kier alpha value is -1.83. The number of amides is 3. The molecular formula is C21H25Cl2N3O4. The monoisotopic (exact) mass is 453 g/mol. The normalized spacial score (nSPS) is 28.8. The van der Waals surface area contributed by atoms with Gasteiger partial charge in [-0.3, -0.25) is 25.2 Å². The zero-order chi connectivity index (χ0) is 21.3. The Balaban J connectivity index is 1.18. The van der Waals surface area contributed by atoms with Crippen molar-refractivity contribution in [3.8, 4) is 0 Å². The molecule has 4 aliphatic rings. The van der Waals surface area contributed by atoms with E-state index in [-0.39, 0.29) is 29.6 Å². The van der Waals surface area contributed by atoms with Crippen molar-refractivity contribution < 1.29 is 19.1 Å². The Kier molecular flexibility index (Phi) is 6.23. The van der Waals surface area contributed by atoms with Crippen LogP contribution < -0.4 is 16.2 Å². The lowest BCUT2D eigenvalue weighted by Crippen LogP contribution is -2.57. The third-order valence-corrected chi connectivity index (χ3v) is 7.35. The molecule has 4 bridgehead atoms. The van der Waals surface area contributed by atoms with E-state index >= 15 is 0 Å². The Labute approximate surface area is 185 Å². The Morgan fingerprint density at radius 1 is 0.933 bits per heavy atom. The molecular weight excluding hydrogens is 429 g/mol. The molecule has 0 aromatic heterocycles. The molecule has 0 unspecified atom stereocenters. The van der Waals surface area contributed by atoms with E-state index in [9.17, 15) is 14.4 Å². The molecule has 7 nitrogen and oxygen atoms in total. The second-order valence-electron chi connectivity index (χ2n) is 8.84. The van der Waals surface area contributed by atoms with Crippen molar-refractivity contribution in [2.75, 3.05) is 18.5 Å². The molecule has 162 valence electrons. The van der Waals surface area contributed by atoms with Crippen molar-refractivity contribution in [3.63, 3.8) is 0 Å². The minimum atomic E-state index is -0.512. The highest BCUT2D eigenvalue weighted by Gasteiger charge is 2.54. The van der Waals surface area contributed by atoms with Crippen LogP contribution in [0.15, 0.2) is 18.2 Å². The summed E-state index contributed by atoms with van der Waals surface area (Å²) in [6.45, 7) is -0.683. The van der Waals surface area contributed by atoms with Crippen LogP contribution in [0, 0.1) is 23.2 Å². The van der Waals surface area contributed by atoms with E-state index in [1.807, 2.05) is 0 Å². The van der Waals surface area contributed by atoms with E-state index in [0.29, 0.717) is 28.5 Å². The maximum Gasteiger partial charge on any atom is 0.264 e. The molecule has 3 amide bonds. The van der Waals surface area contributed by atoms with Crippen LogP contribution in [0.2, 0.25) is 10.0 Å². The number of nitrogens with one attached hydrogen (secondary N) is 3. The summed E-state index contributed by atoms with van der Waals surface area (Å²) >= 11 is 11.9. The molecule has 0 atom stereocenters. The van der Waals surface area contributed by atoms with Gasteiger partial charge < -0.3 is 10.1 Å². The van der Waals surface area contributed by atoms with E-state index in [0.717, 1.165) is 19.3 Å². The first kappa shape index (κ1) is 21.4. The highest BCUT2D eigenvalue weighted by molar-refractivity contribution is 6.44. The van der Waals surface area contributed by atoms with Crippen molar-refractivity contribution in [1.82, 2.24) is 10.9 Å². The van der Waals surface area contributed by atoms with Crippen molar-refractivity contribution in [2.45, 2.75) is 38.5 Å². The molecule has 4 aliphatic carbocycles. The lowest BCUT2D eigenvalue weighted by molar-refractivity contribution is -0.149. The van der Waals surface area contributed by atoms with E-state index < -0.39 is 11.8 Å². The van der Waals surface area contributed by atoms with Crippen LogP contribution in [0.25, 0.3) is 0 Å². The van der Waals surface area contributed by atoms with E-state index in [2.05, 4.69) is 16.2 Å². The first-order valence-corrected chi connectivity index (χ1v) is 11.0. The Bertz CT molecular complexity index is 825. The summed E-state index contributed by atoms with van der Waals surface area (Å²) in [7, 11) is 0. The van der Waals surface area contributed by atoms with E-state index in [4.69, 9.17) is 27.9 Å². The maximum absolute atomic E-state index is 12.8. The largest absolute Gasteiger partial charge is 0.362 e. The van der Waals surface area contributed by atoms with Gasteiger partial charge in [0.05, 0.1) is 21.1 Å². The van der Waals surface area contributed by atoms with Gasteiger partial charge in [-0.15, -0.1) is 0 Å². The molecule has 4 fully saturated rings. The quantitative estimate of drug-likeness (QED) is 0.575. The van der Waals surface area contributed by atoms with Crippen molar-refractivity contribution in [3.05, 3.63) is 28.2 Å². The van der Waals surface area contributed by atoms with Gasteiger partial charge >= 0.3 is 0 Å². The van der Waals surface area contributed by atoms with Crippen LogP contribution in [0.5, 0.6) is 0 Å². The fourth-order valence-corrected chi connectivity index (χ4v) is 6.05. The van der Waals surface area contributed by atoms with Crippen LogP contribution in [0.3, 0.4) is 0 Å². The molecule has 0 radical (unpaired) electrons. The number of halogens is 2. The summed E-state index contributed by atoms with van der Waals surface area (Å²) in [6.07, 6.45) is 6.50. The molecule has 0 aliphatic heterocycles. The third-order valence-electron chi connectivity index (χ3n) is 6.53. The Morgan fingerprint density at radius 2 is 1.53 bits per heavy atom. The minimum Gasteiger partial charge on any atom is -0.362 e. The zero-order valence-electron chi connectivity index (χ0n) is 16.5.